The molecule has 0 saturated carbocycles. The Kier molecular flexibility index (Phi) is 5.51. The zero-order chi connectivity index (χ0) is 24.1. The normalized spacial score (nSPS) is 19.9. The van der Waals surface area contributed by atoms with Crippen LogP contribution in [-0.2, 0) is 4.79 Å². The third-order valence-corrected chi connectivity index (χ3v) is 6.41. The van der Waals surface area contributed by atoms with Crippen molar-refractivity contribution in [3.63, 3.8) is 0 Å². The highest BCUT2D eigenvalue weighted by Crippen LogP contribution is 2.51. The molecule has 168 valence electrons. The van der Waals surface area contributed by atoms with E-state index in [0.717, 1.165) is 11.3 Å². The second-order valence-corrected chi connectivity index (χ2v) is 9.71. The molecule has 2 aliphatic rings. The van der Waals surface area contributed by atoms with E-state index in [0.29, 0.717) is 17.7 Å². The fraction of sp³-hybridized carbons (Fsp3) is 0.280. The summed E-state index contributed by atoms with van der Waals surface area (Å²) < 4.78 is 0. The molecule has 0 saturated heterocycles. The van der Waals surface area contributed by atoms with Crippen molar-refractivity contribution >= 4 is 28.8 Å². The lowest BCUT2D eigenvalue weighted by Crippen LogP contribution is -2.42. The SMILES string of the molecule is Cc1ccc(N2C(N)=C(C#N)C(c3ccc(Cl)cc3[N+](=O)[O-])C3=C2CC(C)(C)CC3=O)cc1. The minimum Gasteiger partial charge on any atom is -0.384 e. The number of nitrogens with zero attached hydrogens (tertiary/aromatic N) is 3. The average molecular weight is 463 g/mol. The van der Waals surface area contributed by atoms with E-state index in [4.69, 9.17) is 17.3 Å². The maximum Gasteiger partial charge on any atom is 0.275 e. The van der Waals surface area contributed by atoms with Gasteiger partial charge >= 0.3 is 0 Å². The Hall–Kier alpha value is -3.63. The standard InChI is InChI=1S/C25H23ClN4O3/c1-14-4-7-16(8-5-14)29-20-11-25(2,3)12-21(31)23(20)22(18(13-27)24(29)28)17-9-6-15(26)10-19(17)30(32)33/h4-10,22H,11-12,28H2,1-3H3. The fourth-order valence-corrected chi connectivity index (χ4v) is 4.89. The van der Waals surface area contributed by atoms with Crippen molar-refractivity contribution in [3.05, 3.63) is 91.4 Å². The first-order valence-electron chi connectivity index (χ1n) is 10.5. The molecule has 2 aromatic rings. The van der Waals surface area contributed by atoms with Crippen molar-refractivity contribution < 1.29 is 9.72 Å². The number of nitriles is 1. The first kappa shape index (κ1) is 22.6. The summed E-state index contributed by atoms with van der Waals surface area (Å²) in [6, 6.07) is 14.1. The number of carbonyl (C=O) groups excluding carboxylic acids is 1. The van der Waals surface area contributed by atoms with Gasteiger partial charge in [0, 0.05) is 40.0 Å². The molecule has 1 atom stereocenters. The molecular weight excluding hydrogens is 440 g/mol. The molecule has 0 spiro atoms. The van der Waals surface area contributed by atoms with Crippen molar-refractivity contribution in [1.82, 2.24) is 0 Å². The van der Waals surface area contributed by atoms with Crippen LogP contribution in [0.15, 0.2) is 65.1 Å². The van der Waals surface area contributed by atoms with E-state index >= 15 is 0 Å². The van der Waals surface area contributed by atoms with Crippen LogP contribution in [0.1, 0.15) is 43.7 Å². The molecule has 0 bridgehead atoms. The van der Waals surface area contributed by atoms with E-state index in [1.54, 1.807) is 4.90 Å². The van der Waals surface area contributed by atoms with Gasteiger partial charge in [0.15, 0.2) is 5.78 Å². The Labute approximate surface area is 196 Å². The molecule has 0 radical (unpaired) electrons. The second kappa shape index (κ2) is 8.05. The van der Waals surface area contributed by atoms with E-state index < -0.39 is 10.8 Å². The number of aryl methyl sites for hydroxylation is 1. The Morgan fingerprint density at radius 2 is 1.88 bits per heavy atom. The van der Waals surface area contributed by atoms with Gasteiger partial charge in [-0.1, -0.05) is 43.1 Å². The van der Waals surface area contributed by atoms with Crippen LogP contribution >= 0.6 is 11.6 Å². The minimum absolute atomic E-state index is 0.104. The number of hydrogen-bond donors (Lipinski definition) is 1. The fourth-order valence-electron chi connectivity index (χ4n) is 4.73. The summed E-state index contributed by atoms with van der Waals surface area (Å²) in [6.07, 6.45) is 0.795. The number of anilines is 1. The van der Waals surface area contributed by atoms with E-state index in [2.05, 4.69) is 6.07 Å². The average Bonchev–Trinajstić information content (AvgIpc) is 2.73. The number of nitro groups is 1. The van der Waals surface area contributed by atoms with Crippen LogP contribution in [0.4, 0.5) is 11.4 Å². The molecule has 7 nitrogen and oxygen atoms in total. The summed E-state index contributed by atoms with van der Waals surface area (Å²) in [6.45, 7) is 5.97. The van der Waals surface area contributed by atoms with Crippen molar-refractivity contribution in [3.8, 4) is 6.07 Å². The van der Waals surface area contributed by atoms with Gasteiger partial charge in [-0.3, -0.25) is 19.8 Å². The molecule has 4 rings (SSSR count). The van der Waals surface area contributed by atoms with Gasteiger partial charge in [0.2, 0.25) is 0 Å². The smallest absolute Gasteiger partial charge is 0.275 e. The predicted molar refractivity (Wildman–Crippen MR) is 126 cm³/mol. The molecule has 1 heterocycles. The van der Waals surface area contributed by atoms with Crippen LogP contribution in [0.5, 0.6) is 0 Å². The van der Waals surface area contributed by atoms with Crippen molar-refractivity contribution in [2.24, 2.45) is 11.1 Å². The summed E-state index contributed by atoms with van der Waals surface area (Å²) in [4.78, 5) is 26.6. The number of Topliss-reactive ketones (excluding diaryl/α,β-unsaturated/α-hetero) is 1. The van der Waals surface area contributed by atoms with Gasteiger partial charge in [-0.15, -0.1) is 0 Å². The lowest BCUT2D eigenvalue weighted by molar-refractivity contribution is -0.385. The molecule has 2 N–H and O–H groups in total. The second-order valence-electron chi connectivity index (χ2n) is 9.28. The molecule has 8 heteroatoms. The van der Waals surface area contributed by atoms with Crippen molar-refractivity contribution in [2.75, 3.05) is 4.90 Å². The topological polar surface area (TPSA) is 113 Å². The number of nitro benzene ring substituents is 1. The van der Waals surface area contributed by atoms with E-state index in [9.17, 15) is 20.2 Å². The Morgan fingerprint density at radius 3 is 2.48 bits per heavy atom. The van der Waals surface area contributed by atoms with Gasteiger partial charge in [0.05, 0.1) is 22.5 Å². The van der Waals surface area contributed by atoms with E-state index in [-0.39, 0.29) is 45.3 Å². The lowest BCUT2D eigenvalue weighted by Gasteiger charge is -2.43. The monoisotopic (exact) mass is 462 g/mol. The highest BCUT2D eigenvalue weighted by Gasteiger charge is 2.46. The molecule has 2 aromatic carbocycles. The number of allylic oxidation sites excluding steroid dienone is 3. The number of halogens is 1. The van der Waals surface area contributed by atoms with Gasteiger partial charge in [0.25, 0.3) is 5.69 Å². The maximum absolute atomic E-state index is 13.5. The number of hydrogen-bond acceptors (Lipinski definition) is 6. The molecule has 0 fully saturated rings. The van der Waals surface area contributed by atoms with Crippen molar-refractivity contribution in [2.45, 2.75) is 39.5 Å². The number of benzene rings is 2. The van der Waals surface area contributed by atoms with Gasteiger partial charge < -0.3 is 5.73 Å². The highest BCUT2D eigenvalue weighted by atomic mass is 35.5. The van der Waals surface area contributed by atoms with Crippen LogP contribution < -0.4 is 10.6 Å². The van der Waals surface area contributed by atoms with Crippen LogP contribution in [0.2, 0.25) is 5.02 Å². The molecule has 1 aliphatic carbocycles. The summed E-state index contributed by atoms with van der Waals surface area (Å²) in [5, 5.41) is 22.2. The quantitative estimate of drug-likeness (QED) is 0.476. The van der Waals surface area contributed by atoms with Crippen LogP contribution in [-0.4, -0.2) is 10.7 Å². The predicted octanol–water partition coefficient (Wildman–Crippen LogP) is 5.50. The zero-order valence-electron chi connectivity index (χ0n) is 18.6. The minimum atomic E-state index is -0.937. The van der Waals surface area contributed by atoms with Gasteiger partial charge in [-0.2, -0.15) is 5.26 Å². The first-order chi connectivity index (χ1) is 15.5. The Balaban J connectivity index is 2.04. The molecule has 1 unspecified atom stereocenters. The zero-order valence-corrected chi connectivity index (χ0v) is 19.3. The van der Waals surface area contributed by atoms with Crippen LogP contribution in [0.25, 0.3) is 0 Å². The first-order valence-corrected chi connectivity index (χ1v) is 10.9. The van der Waals surface area contributed by atoms with Gasteiger partial charge in [-0.05, 0) is 43.0 Å². The molecule has 0 amide bonds. The Bertz CT molecular complexity index is 1290. The summed E-state index contributed by atoms with van der Waals surface area (Å²) >= 11 is 6.02. The Morgan fingerprint density at radius 1 is 1.21 bits per heavy atom. The molecule has 33 heavy (non-hydrogen) atoms. The van der Waals surface area contributed by atoms with Crippen LogP contribution in [0, 0.1) is 33.8 Å². The molecule has 0 aromatic heterocycles. The number of ketones is 1. The summed E-state index contributed by atoms with van der Waals surface area (Å²) in [5.74, 6) is -0.916. The van der Waals surface area contributed by atoms with Gasteiger partial charge in [-0.25, -0.2) is 0 Å². The van der Waals surface area contributed by atoms with Crippen molar-refractivity contribution in [1.29, 1.82) is 5.26 Å². The highest BCUT2D eigenvalue weighted by molar-refractivity contribution is 6.30. The van der Waals surface area contributed by atoms with Crippen LogP contribution in [0.3, 0.4) is 0 Å². The maximum atomic E-state index is 13.5. The lowest BCUT2D eigenvalue weighted by atomic mass is 9.68. The number of rotatable bonds is 3. The number of nitrogens with two attached hydrogens (primary N) is 1. The summed E-state index contributed by atoms with van der Waals surface area (Å²) in [5.41, 5.74) is 9.16. The summed E-state index contributed by atoms with van der Waals surface area (Å²) in [7, 11) is 0. The largest absolute Gasteiger partial charge is 0.384 e. The molecule has 1 aliphatic heterocycles. The van der Waals surface area contributed by atoms with E-state index in [1.165, 1.54) is 18.2 Å². The molecular formula is C25H23ClN4O3. The third kappa shape index (κ3) is 3.87. The third-order valence-electron chi connectivity index (χ3n) is 6.17. The number of carbonyl (C=O) groups is 1. The van der Waals surface area contributed by atoms with Gasteiger partial charge in [0.1, 0.15) is 5.82 Å². The van der Waals surface area contributed by atoms with E-state index in [1.807, 2.05) is 45.0 Å².